The summed E-state index contributed by atoms with van der Waals surface area (Å²) < 4.78 is 19.9. The fourth-order valence-electron chi connectivity index (χ4n) is 2.63. The number of allylic oxidation sites excluding steroid dienone is 1. The third kappa shape index (κ3) is 2.22. The van der Waals surface area contributed by atoms with Gasteiger partial charge in [0.2, 0.25) is 0 Å². The number of aromatic nitrogens is 2. The molecule has 1 N–H and O–H groups in total. The predicted octanol–water partition coefficient (Wildman–Crippen LogP) is 1.97. The Morgan fingerprint density at radius 2 is 2.39 bits per heavy atom. The summed E-state index contributed by atoms with van der Waals surface area (Å²) >= 11 is 1.13. The van der Waals surface area contributed by atoms with Gasteiger partial charge in [0.05, 0.1) is 11.7 Å². The Bertz CT molecular complexity index is 438. The number of ether oxygens (including phenoxy) is 2. The van der Waals surface area contributed by atoms with Crippen molar-refractivity contribution in [1.29, 1.82) is 0 Å². The first kappa shape index (κ1) is 11.9. The van der Waals surface area contributed by atoms with Crippen LogP contribution in [0.25, 0.3) is 0 Å². The molecule has 2 unspecified atom stereocenters. The molecule has 2 heterocycles. The van der Waals surface area contributed by atoms with Gasteiger partial charge in [-0.2, -0.15) is 0 Å². The molecular formula is C12H17N3O2S. The van der Waals surface area contributed by atoms with Gasteiger partial charge in [-0.15, -0.1) is 8.75 Å². The van der Waals surface area contributed by atoms with Gasteiger partial charge in [0.25, 0.3) is 11.8 Å². The molecule has 2 fully saturated rings. The molecule has 6 heteroatoms. The lowest BCUT2D eigenvalue weighted by Gasteiger charge is -2.27. The van der Waals surface area contributed by atoms with Gasteiger partial charge in [-0.05, 0) is 19.3 Å². The molecule has 1 saturated heterocycles. The van der Waals surface area contributed by atoms with Crippen molar-refractivity contribution in [3.8, 4) is 11.8 Å². The second kappa shape index (κ2) is 4.85. The fraction of sp³-hybridized carbons (Fsp3) is 0.667. The van der Waals surface area contributed by atoms with E-state index in [2.05, 4.69) is 14.1 Å². The van der Waals surface area contributed by atoms with Crippen LogP contribution in [-0.4, -0.2) is 27.6 Å². The zero-order valence-corrected chi connectivity index (χ0v) is 11.2. The van der Waals surface area contributed by atoms with Gasteiger partial charge in [0, 0.05) is 19.4 Å². The molecule has 1 aromatic rings. The van der Waals surface area contributed by atoms with Crippen LogP contribution in [0.5, 0.6) is 11.8 Å². The van der Waals surface area contributed by atoms with Crippen molar-refractivity contribution in [1.82, 2.24) is 14.1 Å². The Kier molecular flexibility index (Phi) is 3.22. The summed E-state index contributed by atoms with van der Waals surface area (Å²) in [5, 5.41) is 3.45. The van der Waals surface area contributed by atoms with Gasteiger partial charge in [-0.25, -0.2) is 0 Å². The molecule has 1 aromatic heterocycles. The first-order chi connectivity index (χ1) is 8.81. The SMILES string of the molecule is CC=CCOc1nsnc1OC12CCC(CN1)C2. The van der Waals surface area contributed by atoms with Crippen molar-refractivity contribution in [3.63, 3.8) is 0 Å². The predicted molar refractivity (Wildman–Crippen MR) is 68.9 cm³/mol. The molecular weight excluding hydrogens is 250 g/mol. The first-order valence-electron chi connectivity index (χ1n) is 6.32. The molecule has 0 radical (unpaired) electrons. The number of rotatable bonds is 5. The average molecular weight is 267 g/mol. The number of hydrogen-bond donors (Lipinski definition) is 1. The summed E-state index contributed by atoms with van der Waals surface area (Å²) in [4.78, 5) is 0. The van der Waals surface area contributed by atoms with E-state index >= 15 is 0 Å². The summed E-state index contributed by atoms with van der Waals surface area (Å²) in [7, 11) is 0. The largest absolute Gasteiger partial charge is 0.469 e. The first-order valence-corrected chi connectivity index (χ1v) is 7.05. The van der Waals surface area contributed by atoms with E-state index in [1.165, 1.54) is 6.42 Å². The maximum absolute atomic E-state index is 6.03. The Balaban J connectivity index is 1.67. The molecule has 18 heavy (non-hydrogen) atoms. The maximum Gasteiger partial charge on any atom is 0.292 e. The normalized spacial score (nSPS) is 30.2. The van der Waals surface area contributed by atoms with E-state index in [-0.39, 0.29) is 5.72 Å². The number of hydrogen-bond acceptors (Lipinski definition) is 6. The van der Waals surface area contributed by atoms with E-state index in [9.17, 15) is 0 Å². The quantitative estimate of drug-likeness (QED) is 0.827. The standard InChI is InChI=1S/C12H17N3O2S/c1-2-3-6-16-10-11(15-18-14-10)17-12-5-4-9(7-12)8-13-12/h2-3,9,13H,4-8H2,1H3. The third-order valence-corrected chi connectivity index (χ3v) is 4.06. The lowest BCUT2D eigenvalue weighted by Crippen LogP contribution is -2.45. The van der Waals surface area contributed by atoms with Crippen LogP contribution in [0.4, 0.5) is 0 Å². The highest BCUT2D eigenvalue weighted by molar-refractivity contribution is 6.99. The van der Waals surface area contributed by atoms with E-state index in [0.29, 0.717) is 18.4 Å². The molecule has 5 nitrogen and oxygen atoms in total. The van der Waals surface area contributed by atoms with Crippen molar-refractivity contribution in [2.24, 2.45) is 5.92 Å². The Morgan fingerprint density at radius 3 is 3.06 bits per heavy atom. The second-order valence-corrected chi connectivity index (χ2v) is 5.37. The number of fused-ring (bicyclic) bond motifs is 2. The minimum atomic E-state index is -0.223. The highest BCUT2D eigenvalue weighted by Gasteiger charge is 2.47. The molecule has 2 atom stereocenters. The topological polar surface area (TPSA) is 56.3 Å². The summed E-state index contributed by atoms with van der Waals surface area (Å²) in [6.07, 6.45) is 7.22. The number of nitrogens with one attached hydrogen (secondary N) is 1. The lowest BCUT2D eigenvalue weighted by molar-refractivity contribution is 0.0482. The van der Waals surface area contributed by atoms with Crippen LogP contribution in [0.3, 0.4) is 0 Å². The molecule has 1 aliphatic carbocycles. The summed E-state index contributed by atoms with van der Waals surface area (Å²) in [6.45, 7) is 3.51. The van der Waals surface area contributed by atoms with Crippen LogP contribution in [0.15, 0.2) is 12.2 Å². The average Bonchev–Trinajstić information content (AvgIpc) is 3.06. The molecule has 1 saturated carbocycles. The molecule has 1 aliphatic heterocycles. The van der Waals surface area contributed by atoms with Crippen molar-refractivity contribution in [2.75, 3.05) is 13.2 Å². The van der Waals surface area contributed by atoms with Crippen LogP contribution in [0.1, 0.15) is 26.2 Å². The molecule has 0 amide bonds. The molecule has 0 aromatic carbocycles. The fourth-order valence-corrected chi connectivity index (χ4v) is 3.07. The Morgan fingerprint density at radius 1 is 1.50 bits per heavy atom. The van der Waals surface area contributed by atoms with Gasteiger partial charge in [0.1, 0.15) is 6.61 Å². The monoisotopic (exact) mass is 267 g/mol. The van der Waals surface area contributed by atoms with Gasteiger partial charge in [-0.1, -0.05) is 12.2 Å². The Labute approximate surface area is 111 Å². The van der Waals surface area contributed by atoms with Crippen molar-refractivity contribution >= 4 is 11.7 Å². The molecule has 98 valence electrons. The number of nitrogens with zero attached hydrogens (tertiary/aromatic N) is 2. The second-order valence-electron chi connectivity index (χ2n) is 4.84. The van der Waals surface area contributed by atoms with Crippen LogP contribution in [-0.2, 0) is 0 Å². The summed E-state index contributed by atoms with van der Waals surface area (Å²) in [6, 6.07) is 0. The van der Waals surface area contributed by atoms with E-state index in [0.717, 1.165) is 37.0 Å². The highest BCUT2D eigenvalue weighted by atomic mass is 32.1. The van der Waals surface area contributed by atoms with Gasteiger partial charge >= 0.3 is 0 Å². The van der Waals surface area contributed by atoms with Crippen molar-refractivity contribution < 1.29 is 9.47 Å². The van der Waals surface area contributed by atoms with Gasteiger partial charge in [0.15, 0.2) is 5.72 Å². The van der Waals surface area contributed by atoms with Crippen LogP contribution in [0, 0.1) is 5.92 Å². The van der Waals surface area contributed by atoms with Crippen LogP contribution in [0.2, 0.25) is 0 Å². The summed E-state index contributed by atoms with van der Waals surface area (Å²) in [5.41, 5.74) is -0.223. The minimum absolute atomic E-state index is 0.223. The van der Waals surface area contributed by atoms with Crippen molar-refractivity contribution in [3.05, 3.63) is 12.2 Å². The molecule has 2 aliphatic rings. The highest BCUT2D eigenvalue weighted by Crippen LogP contribution is 2.42. The lowest BCUT2D eigenvalue weighted by atomic mass is 10.1. The molecule has 0 spiro atoms. The maximum atomic E-state index is 6.03. The number of piperidine rings is 1. The zero-order chi connectivity index (χ0) is 12.4. The smallest absolute Gasteiger partial charge is 0.292 e. The molecule has 2 bridgehead atoms. The van der Waals surface area contributed by atoms with Crippen LogP contribution < -0.4 is 14.8 Å². The zero-order valence-electron chi connectivity index (χ0n) is 10.4. The van der Waals surface area contributed by atoms with E-state index in [1.54, 1.807) is 0 Å². The van der Waals surface area contributed by atoms with E-state index < -0.39 is 0 Å². The van der Waals surface area contributed by atoms with Crippen LogP contribution >= 0.6 is 11.7 Å². The van der Waals surface area contributed by atoms with E-state index in [4.69, 9.17) is 9.47 Å². The van der Waals surface area contributed by atoms with Gasteiger partial charge in [-0.3, -0.25) is 5.32 Å². The molecule has 3 rings (SSSR count). The Hall–Kier alpha value is -1.14. The minimum Gasteiger partial charge on any atom is -0.469 e. The van der Waals surface area contributed by atoms with E-state index in [1.807, 2.05) is 19.1 Å². The van der Waals surface area contributed by atoms with Crippen molar-refractivity contribution in [2.45, 2.75) is 31.9 Å². The summed E-state index contributed by atoms with van der Waals surface area (Å²) in [5.74, 6) is 1.79. The third-order valence-electron chi connectivity index (χ3n) is 3.56. The van der Waals surface area contributed by atoms with Gasteiger partial charge < -0.3 is 9.47 Å².